The molecule has 1 atom stereocenters. The number of esters is 1. The molecular formula is C12H19N3O3. The van der Waals surface area contributed by atoms with Crippen LogP contribution in [0.1, 0.15) is 30.3 Å². The monoisotopic (exact) mass is 253 g/mol. The van der Waals surface area contributed by atoms with E-state index in [0.717, 1.165) is 32.6 Å². The molecule has 1 saturated heterocycles. The summed E-state index contributed by atoms with van der Waals surface area (Å²) < 4.78 is 12.0. The number of rotatable bonds is 5. The van der Waals surface area contributed by atoms with Crippen LogP contribution in [-0.4, -0.2) is 35.3 Å². The van der Waals surface area contributed by atoms with Crippen molar-refractivity contribution in [3.05, 3.63) is 12.0 Å². The van der Waals surface area contributed by atoms with Crippen LogP contribution in [0.25, 0.3) is 0 Å². The third-order valence-electron chi connectivity index (χ3n) is 3.15. The van der Waals surface area contributed by atoms with Gasteiger partial charge < -0.3 is 19.8 Å². The summed E-state index contributed by atoms with van der Waals surface area (Å²) in [6.07, 6.45) is 3.68. The molecule has 0 aromatic carbocycles. The summed E-state index contributed by atoms with van der Waals surface area (Å²) in [5.74, 6) is 0.503. The molecule has 1 fully saturated rings. The van der Waals surface area contributed by atoms with Gasteiger partial charge in [0.25, 0.3) is 0 Å². The van der Waals surface area contributed by atoms with Crippen LogP contribution in [-0.2, 0) is 16.0 Å². The lowest BCUT2D eigenvalue weighted by Crippen LogP contribution is -2.11. The Morgan fingerprint density at radius 2 is 2.56 bits per heavy atom. The summed E-state index contributed by atoms with van der Waals surface area (Å²) in [4.78, 5) is 15.6. The minimum absolute atomic E-state index is 0.208. The maximum absolute atomic E-state index is 11.5. The molecule has 1 aliphatic rings. The Hall–Kier alpha value is -1.56. The molecule has 6 heteroatoms. The van der Waals surface area contributed by atoms with Gasteiger partial charge in [0.2, 0.25) is 0 Å². The highest BCUT2D eigenvalue weighted by atomic mass is 16.5. The zero-order chi connectivity index (χ0) is 13.0. The maximum Gasteiger partial charge on any atom is 0.360 e. The molecule has 18 heavy (non-hydrogen) atoms. The van der Waals surface area contributed by atoms with E-state index in [1.165, 1.54) is 0 Å². The van der Waals surface area contributed by atoms with E-state index in [0.29, 0.717) is 18.3 Å². The summed E-state index contributed by atoms with van der Waals surface area (Å²) in [6.45, 7) is 4.50. The van der Waals surface area contributed by atoms with Crippen molar-refractivity contribution in [3.8, 4) is 0 Å². The van der Waals surface area contributed by atoms with Gasteiger partial charge in [-0.25, -0.2) is 9.78 Å². The second-order valence-corrected chi connectivity index (χ2v) is 4.41. The SMILES string of the molecule is CCOC(=O)c1ncn(CCC2CCOC2)c1N. The second-order valence-electron chi connectivity index (χ2n) is 4.41. The number of anilines is 1. The van der Waals surface area contributed by atoms with Crippen LogP contribution in [0.4, 0.5) is 5.82 Å². The highest BCUT2D eigenvalue weighted by Gasteiger charge is 2.19. The van der Waals surface area contributed by atoms with E-state index >= 15 is 0 Å². The fraction of sp³-hybridized carbons (Fsp3) is 0.667. The molecule has 0 bridgehead atoms. The van der Waals surface area contributed by atoms with Crippen molar-refractivity contribution in [2.45, 2.75) is 26.3 Å². The van der Waals surface area contributed by atoms with Crippen molar-refractivity contribution in [1.29, 1.82) is 0 Å². The Balaban J connectivity index is 1.94. The number of carbonyl (C=O) groups excluding carboxylic acids is 1. The van der Waals surface area contributed by atoms with Gasteiger partial charge in [0.05, 0.1) is 12.9 Å². The molecular weight excluding hydrogens is 234 g/mol. The lowest BCUT2D eigenvalue weighted by atomic mass is 10.1. The van der Waals surface area contributed by atoms with Crippen molar-refractivity contribution in [2.24, 2.45) is 5.92 Å². The molecule has 100 valence electrons. The van der Waals surface area contributed by atoms with Gasteiger partial charge in [-0.15, -0.1) is 0 Å². The Kier molecular flexibility index (Phi) is 4.19. The highest BCUT2D eigenvalue weighted by molar-refractivity contribution is 5.92. The standard InChI is InChI=1S/C12H19N3O3/c1-2-18-12(16)10-11(13)15(8-14-10)5-3-9-4-6-17-7-9/h8-9H,2-7,13H2,1H3. The minimum atomic E-state index is -0.460. The Labute approximate surface area is 106 Å². The Bertz CT molecular complexity index is 411. The number of aryl methyl sites for hydroxylation is 1. The normalized spacial score (nSPS) is 19.1. The molecule has 1 aromatic rings. The fourth-order valence-electron chi connectivity index (χ4n) is 2.06. The molecule has 0 saturated carbocycles. The van der Waals surface area contributed by atoms with E-state index < -0.39 is 5.97 Å². The number of imidazole rings is 1. The third-order valence-corrected chi connectivity index (χ3v) is 3.15. The number of ether oxygens (including phenoxy) is 2. The smallest absolute Gasteiger partial charge is 0.360 e. The molecule has 0 amide bonds. The summed E-state index contributed by atoms with van der Waals surface area (Å²) in [7, 11) is 0. The van der Waals surface area contributed by atoms with Crippen molar-refractivity contribution in [3.63, 3.8) is 0 Å². The van der Waals surface area contributed by atoms with Gasteiger partial charge in [-0.05, 0) is 25.7 Å². The Morgan fingerprint density at radius 3 is 3.22 bits per heavy atom. The summed E-state index contributed by atoms with van der Waals surface area (Å²) >= 11 is 0. The lowest BCUT2D eigenvalue weighted by Gasteiger charge is -2.09. The van der Waals surface area contributed by atoms with Gasteiger partial charge in [-0.1, -0.05) is 0 Å². The predicted octanol–water partition coefficient (Wildman–Crippen LogP) is 1.07. The highest BCUT2D eigenvalue weighted by Crippen LogP contribution is 2.19. The first-order chi connectivity index (χ1) is 8.72. The first-order valence-electron chi connectivity index (χ1n) is 6.27. The van der Waals surface area contributed by atoms with Crippen LogP contribution >= 0.6 is 0 Å². The van der Waals surface area contributed by atoms with Gasteiger partial charge in [0.1, 0.15) is 5.82 Å². The molecule has 1 unspecified atom stereocenters. The third kappa shape index (κ3) is 2.81. The number of aromatic nitrogens is 2. The predicted molar refractivity (Wildman–Crippen MR) is 66.1 cm³/mol. The van der Waals surface area contributed by atoms with Crippen LogP contribution in [0.5, 0.6) is 0 Å². The van der Waals surface area contributed by atoms with Gasteiger partial charge in [0.15, 0.2) is 5.69 Å². The first-order valence-corrected chi connectivity index (χ1v) is 6.27. The quantitative estimate of drug-likeness (QED) is 0.794. The summed E-state index contributed by atoms with van der Waals surface area (Å²) in [5, 5.41) is 0. The van der Waals surface area contributed by atoms with Crippen molar-refractivity contribution in [1.82, 2.24) is 9.55 Å². The van der Waals surface area contributed by atoms with Gasteiger partial charge in [-0.2, -0.15) is 0 Å². The number of carbonyl (C=O) groups is 1. The minimum Gasteiger partial charge on any atom is -0.461 e. The zero-order valence-electron chi connectivity index (χ0n) is 10.6. The lowest BCUT2D eigenvalue weighted by molar-refractivity contribution is 0.0521. The molecule has 0 aliphatic carbocycles. The molecule has 2 rings (SSSR count). The number of nitrogens with zero attached hydrogens (tertiary/aromatic N) is 2. The Morgan fingerprint density at radius 1 is 1.72 bits per heavy atom. The molecule has 1 aromatic heterocycles. The zero-order valence-corrected chi connectivity index (χ0v) is 10.6. The second kappa shape index (κ2) is 5.86. The van der Waals surface area contributed by atoms with E-state index in [1.807, 2.05) is 0 Å². The summed E-state index contributed by atoms with van der Waals surface area (Å²) in [6, 6.07) is 0. The topological polar surface area (TPSA) is 79.4 Å². The molecule has 1 aliphatic heterocycles. The van der Waals surface area contributed by atoms with Gasteiger partial charge >= 0.3 is 5.97 Å². The van der Waals surface area contributed by atoms with E-state index in [-0.39, 0.29) is 5.69 Å². The molecule has 6 nitrogen and oxygen atoms in total. The van der Waals surface area contributed by atoms with Gasteiger partial charge in [0, 0.05) is 19.8 Å². The molecule has 0 radical (unpaired) electrons. The number of hydrogen-bond donors (Lipinski definition) is 1. The molecule has 2 N–H and O–H groups in total. The van der Waals surface area contributed by atoms with Crippen LogP contribution in [0.3, 0.4) is 0 Å². The van der Waals surface area contributed by atoms with E-state index in [2.05, 4.69) is 4.98 Å². The van der Waals surface area contributed by atoms with Crippen LogP contribution in [0, 0.1) is 5.92 Å². The first kappa shape index (κ1) is 12.9. The average Bonchev–Trinajstić information content (AvgIpc) is 2.96. The average molecular weight is 253 g/mol. The summed E-state index contributed by atoms with van der Waals surface area (Å²) in [5.41, 5.74) is 6.10. The van der Waals surface area contributed by atoms with Crippen molar-refractivity contribution in [2.75, 3.05) is 25.6 Å². The van der Waals surface area contributed by atoms with E-state index in [9.17, 15) is 4.79 Å². The van der Waals surface area contributed by atoms with Crippen LogP contribution < -0.4 is 5.73 Å². The largest absolute Gasteiger partial charge is 0.461 e. The fourth-order valence-corrected chi connectivity index (χ4v) is 2.06. The maximum atomic E-state index is 11.5. The van der Waals surface area contributed by atoms with Crippen LogP contribution in [0.15, 0.2) is 6.33 Å². The van der Waals surface area contributed by atoms with E-state index in [4.69, 9.17) is 15.2 Å². The van der Waals surface area contributed by atoms with E-state index in [1.54, 1.807) is 17.8 Å². The van der Waals surface area contributed by atoms with Crippen molar-refractivity contribution >= 4 is 11.8 Å². The molecule has 2 heterocycles. The molecule has 0 spiro atoms. The van der Waals surface area contributed by atoms with Gasteiger partial charge in [-0.3, -0.25) is 0 Å². The number of nitrogens with two attached hydrogens (primary N) is 1. The van der Waals surface area contributed by atoms with Crippen LogP contribution in [0.2, 0.25) is 0 Å². The number of hydrogen-bond acceptors (Lipinski definition) is 5. The number of nitrogen functional groups attached to an aromatic ring is 1. The van der Waals surface area contributed by atoms with Crippen molar-refractivity contribution < 1.29 is 14.3 Å².